The molecule has 1 fully saturated rings. The molecular weight excluding hydrogens is 336 g/mol. The van der Waals surface area contributed by atoms with Gasteiger partial charge in [0.05, 0.1) is 0 Å². The number of rotatable bonds is 8. The highest BCUT2D eigenvalue weighted by molar-refractivity contribution is 5.81. The number of likely N-dealkylation sites (tertiary alicyclic amines) is 1. The van der Waals surface area contributed by atoms with Gasteiger partial charge in [-0.25, -0.2) is 0 Å². The van der Waals surface area contributed by atoms with Gasteiger partial charge in [-0.2, -0.15) is 0 Å². The highest BCUT2D eigenvalue weighted by atomic mass is 16.5. The molecule has 1 aliphatic heterocycles. The van der Waals surface area contributed by atoms with E-state index in [1.54, 1.807) is 0 Å². The predicted molar refractivity (Wildman–Crippen MR) is 109 cm³/mol. The van der Waals surface area contributed by atoms with Crippen LogP contribution < -0.4 is 10.1 Å². The molecule has 1 amide bonds. The third-order valence-corrected chi connectivity index (χ3v) is 5.09. The Morgan fingerprint density at radius 1 is 1.11 bits per heavy atom. The fraction of sp³-hybridized carbons (Fsp3) is 0.435. The molecular formula is C23H30N2O2. The lowest BCUT2D eigenvalue weighted by molar-refractivity contribution is -0.128. The van der Waals surface area contributed by atoms with Gasteiger partial charge in [0.2, 0.25) is 0 Å². The van der Waals surface area contributed by atoms with E-state index in [1.165, 1.54) is 31.5 Å². The average molecular weight is 367 g/mol. The topological polar surface area (TPSA) is 41.6 Å². The van der Waals surface area contributed by atoms with Crippen molar-refractivity contribution in [2.24, 2.45) is 0 Å². The zero-order chi connectivity index (χ0) is 19.1. The van der Waals surface area contributed by atoms with Crippen LogP contribution in [0.25, 0.3) is 0 Å². The number of nitrogens with one attached hydrogen (secondary N) is 1. The van der Waals surface area contributed by atoms with E-state index in [2.05, 4.69) is 34.5 Å². The number of nitrogens with zero attached hydrogens (tertiary/aromatic N) is 1. The third kappa shape index (κ3) is 5.57. The summed E-state index contributed by atoms with van der Waals surface area (Å²) in [5.74, 6) is 0.706. The van der Waals surface area contributed by atoms with Crippen LogP contribution >= 0.6 is 0 Å². The Morgan fingerprint density at radius 3 is 2.59 bits per heavy atom. The van der Waals surface area contributed by atoms with Crippen molar-refractivity contribution in [3.63, 3.8) is 0 Å². The summed E-state index contributed by atoms with van der Waals surface area (Å²) in [6.07, 6.45) is 2.76. The van der Waals surface area contributed by atoms with Gasteiger partial charge in [-0.05, 0) is 62.0 Å². The molecule has 0 spiro atoms. The van der Waals surface area contributed by atoms with Gasteiger partial charge in [0.25, 0.3) is 5.91 Å². The number of aryl methyl sites for hydroxylation is 1. The lowest BCUT2D eigenvalue weighted by Gasteiger charge is -2.19. The molecule has 0 aliphatic carbocycles. The second-order valence-electron chi connectivity index (χ2n) is 7.30. The molecule has 1 heterocycles. The van der Waals surface area contributed by atoms with E-state index in [1.807, 2.05) is 38.1 Å². The van der Waals surface area contributed by atoms with Crippen molar-refractivity contribution in [3.8, 4) is 5.75 Å². The van der Waals surface area contributed by atoms with Crippen molar-refractivity contribution in [2.75, 3.05) is 13.1 Å². The monoisotopic (exact) mass is 366 g/mol. The van der Waals surface area contributed by atoms with Gasteiger partial charge in [-0.1, -0.05) is 49.4 Å². The SMILES string of the molecule is CC[C@H](Oc1ccccc1C)C(=O)NCc1cccc(CN2CCCC2)c1. The molecule has 1 atom stereocenters. The summed E-state index contributed by atoms with van der Waals surface area (Å²) < 4.78 is 5.94. The van der Waals surface area contributed by atoms with Gasteiger partial charge in [0.15, 0.2) is 6.10 Å². The number of hydrogen-bond acceptors (Lipinski definition) is 3. The zero-order valence-electron chi connectivity index (χ0n) is 16.4. The summed E-state index contributed by atoms with van der Waals surface area (Å²) in [5, 5.41) is 3.03. The van der Waals surface area contributed by atoms with Crippen molar-refractivity contribution in [1.29, 1.82) is 0 Å². The summed E-state index contributed by atoms with van der Waals surface area (Å²) in [7, 11) is 0. The van der Waals surface area contributed by atoms with Crippen LogP contribution in [0, 0.1) is 6.92 Å². The normalized spacial score (nSPS) is 15.5. The molecule has 4 nitrogen and oxygen atoms in total. The second-order valence-corrected chi connectivity index (χ2v) is 7.30. The molecule has 0 saturated carbocycles. The van der Waals surface area contributed by atoms with Crippen LogP contribution in [-0.2, 0) is 17.9 Å². The maximum Gasteiger partial charge on any atom is 0.261 e. The van der Waals surface area contributed by atoms with Crippen LogP contribution in [0.3, 0.4) is 0 Å². The Labute approximate surface area is 162 Å². The summed E-state index contributed by atoms with van der Waals surface area (Å²) in [4.78, 5) is 15.1. The molecule has 0 unspecified atom stereocenters. The standard InChI is InChI=1S/C23H30N2O2/c1-3-21(27-22-12-5-4-9-18(22)2)23(26)24-16-19-10-8-11-20(15-19)17-25-13-6-7-14-25/h4-5,8-12,15,21H,3,6-7,13-14,16-17H2,1-2H3,(H,24,26)/t21-/m0/s1. The third-order valence-electron chi connectivity index (χ3n) is 5.09. The number of amides is 1. The fourth-order valence-electron chi connectivity index (χ4n) is 3.50. The highest BCUT2D eigenvalue weighted by Crippen LogP contribution is 2.19. The van der Waals surface area contributed by atoms with E-state index < -0.39 is 6.10 Å². The van der Waals surface area contributed by atoms with Crippen LogP contribution in [0.1, 0.15) is 42.9 Å². The minimum atomic E-state index is -0.473. The summed E-state index contributed by atoms with van der Waals surface area (Å²) >= 11 is 0. The zero-order valence-corrected chi connectivity index (χ0v) is 16.4. The van der Waals surface area contributed by atoms with E-state index in [-0.39, 0.29) is 5.91 Å². The molecule has 27 heavy (non-hydrogen) atoms. The van der Waals surface area contributed by atoms with Gasteiger partial charge in [0, 0.05) is 13.1 Å². The van der Waals surface area contributed by atoms with Gasteiger partial charge in [-0.3, -0.25) is 9.69 Å². The average Bonchev–Trinajstić information content (AvgIpc) is 3.19. The molecule has 2 aromatic carbocycles. The number of hydrogen-bond donors (Lipinski definition) is 1. The minimum absolute atomic E-state index is 0.0642. The van der Waals surface area contributed by atoms with Crippen molar-refractivity contribution in [1.82, 2.24) is 10.2 Å². The first-order chi connectivity index (χ1) is 13.2. The number of ether oxygens (including phenoxy) is 1. The number of para-hydroxylation sites is 1. The van der Waals surface area contributed by atoms with Crippen molar-refractivity contribution >= 4 is 5.91 Å². The van der Waals surface area contributed by atoms with Crippen LogP contribution in [-0.4, -0.2) is 30.0 Å². The second kappa shape index (κ2) is 9.56. The minimum Gasteiger partial charge on any atom is -0.480 e. The number of carbonyl (C=O) groups excluding carboxylic acids is 1. The molecule has 0 radical (unpaired) electrons. The molecule has 1 aliphatic rings. The molecule has 3 rings (SSSR count). The fourth-order valence-corrected chi connectivity index (χ4v) is 3.50. The number of benzene rings is 2. The Kier molecular flexibility index (Phi) is 6.88. The highest BCUT2D eigenvalue weighted by Gasteiger charge is 2.19. The molecule has 1 N–H and O–H groups in total. The Morgan fingerprint density at radius 2 is 1.85 bits per heavy atom. The molecule has 144 valence electrons. The first-order valence-electron chi connectivity index (χ1n) is 9.96. The van der Waals surface area contributed by atoms with Crippen molar-refractivity contribution in [2.45, 2.75) is 52.3 Å². The van der Waals surface area contributed by atoms with Gasteiger partial charge in [-0.15, -0.1) is 0 Å². The van der Waals surface area contributed by atoms with Gasteiger partial charge < -0.3 is 10.1 Å². The maximum atomic E-state index is 12.6. The van der Waals surface area contributed by atoms with Crippen LogP contribution in [0.4, 0.5) is 0 Å². The Balaban J connectivity index is 1.55. The summed E-state index contributed by atoms with van der Waals surface area (Å²) in [5.41, 5.74) is 3.48. The first-order valence-corrected chi connectivity index (χ1v) is 9.96. The van der Waals surface area contributed by atoms with Crippen LogP contribution in [0.5, 0.6) is 5.75 Å². The molecule has 1 saturated heterocycles. The quantitative estimate of drug-likeness (QED) is 0.766. The lowest BCUT2D eigenvalue weighted by atomic mass is 10.1. The molecule has 0 bridgehead atoms. The van der Waals surface area contributed by atoms with E-state index in [9.17, 15) is 4.79 Å². The Bertz CT molecular complexity index is 754. The summed E-state index contributed by atoms with van der Waals surface area (Å²) in [6.45, 7) is 7.87. The largest absolute Gasteiger partial charge is 0.480 e. The van der Waals surface area contributed by atoms with E-state index in [0.717, 1.165) is 23.4 Å². The molecule has 0 aromatic heterocycles. The van der Waals surface area contributed by atoms with Crippen LogP contribution in [0.2, 0.25) is 0 Å². The van der Waals surface area contributed by atoms with Gasteiger partial charge in [0.1, 0.15) is 5.75 Å². The summed E-state index contributed by atoms with van der Waals surface area (Å²) in [6, 6.07) is 16.3. The van der Waals surface area contributed by atoms with Crippen LogP contribution in [0.15, 0.2) is 48.5 Å². The van der Waals surface area contributed by atoms with E-state index in [0.29, 0.717) is 13.0 Å². The first kappa shape index (κ1) is 19.4. The Hall–Kier alpha value is -2.33. The van der Waals surface area contributed by atoms with Gasteiger partial charge >= 0.3 is 0 Å². The smallest absolute Gasteiger partial charge is 0.261 e. The van der Waals surface area contributed by atoms with E-state index in [4.69, 9.17) is 4.74 Å². The lowest BCUT2D eigenvalue weighted by Crippen LogP contribution is -2.37. The molecule has 4 heteroatoms. The van der Waals surface area contributed by atoms with E-state index >= 15 is 0 Å². The van der Waals surface area contributed by atoms with Crippen molar-refractivity contribution in [3.05, 3.63) is 65.2 Å². The van der Waals surface area contributed by atoms with Crippen molar-refractivity contribution < 1.29 is 9.53 Å². The predicted octanol–water partition coefficient (Wildman–Crippen LogP) is 4.06. The number of carbonyl (C=O) groups is 1. The molecule has 2 aromatic rings. The maximum absolute atomic E-state index is 12.6.